The van der Waals surface area contributed by atoms with Crippen molar-refractivity contribution in [2.75, 3.05) is 18.6 Å². The average Bonchev–Trinajstić information content (AvgIpc) is 2.38. The lowest BCUT2D eigenvalue weighted by molar-refractivity contribution is -0.119. The number of rotatable bonds is 2. The molecular weight excluding hydrogens is 218 g/mol. The Morgan fingerprint density at radius 1 is 1.35 bits per heavy atom. The highest BCUT2D eigenvalue weighted by molar-refractivity contribution is 5.96. The summed E-state index contributed by atoms with van der Waals surface area (Å²) in [5, 5.41) is 0. The Kier molecular flexibility index (Phi) is 3.42. The molecule has 90 valence electrons. The number of amides is 1. The second-order valence-corrected chi connectivity index (χ2v) is 4.04. The molecule has 4 nitrogen and oxygen atoms in total. The molecule has 0 aliphatic carbocycles. The second-order valence-electron chi connectivity index (χ2n) is 4.04. The Hall–Kier alpha value is -1.84. The van der Waals surface area contributed by atoms with Gasteiger partial charge < -0.3 is 9.64 Å². The molecule has 1 aliphatic heterocycles. The van der Waals surface area contributed by atoms with Crippen LogP contribution in [0.2, 0.25) is 0 Å². The molecule has 0 atom stereocenters. The molecule has 2 rings (SSSR count). The van der Waals surface area contributed by atoms with Crippen molar-refractivity contribution >= 4 is 17.6 Å². The van der Waals surface area contributed by atoms with E-state index in [4.69, 9.17) is 0 Å². The monoisotopic (exact) mass is 233 g/mol. The van der Waals surface area contributed by atoms with Crippen LogP contribution in [0.3, 0.4) is 0 Å². The molecule has 1 saturated heterocycles. The van der Waals surface area contributed by atoms with Gasteiger partial charge in [-0.25, -0.2) is 4.79 Å². The summed E-state index contributed by atoms with van der Waals surface area (Å²) in [6.07, 6.45) is 2.54. The number of nitrogens with zero attached hydrogens (tertiary/aromatic N) is 1. The maximum absolute atomic E-state index is 11.8. The van der Waals surface area contributed by atoms with E-state index in [2.05, 4.69) is 4.74 Å². The molecule has 0 N–H and O–H groups in total. The van der Waals surface area contributed by atoms with Gasteiger partial charge in [-0.1, -0.05) is 6.07 Å². The van der Waals surface area contributed by atoms with Crippen LogP contribution < -0.4 is 4.90 Å². The summed E-state index contributed by atoms with van der Waals surface area (Å²) in [5.41, 5.74) is 1.25. The minimum Gasteiger partial charge on any atom is -0.465 e. The summed E-state index contributed by atoms with van der Waals surface area (Å²) >= 11 is 0. The van der Waals surface area contributed by atoms with Gasteiger partial charge in [-0.3, -0.25) is 4.79 Å². The van der Waals surface area contributed by atoms with Gasteiger partial charge in [-0.2, -0.15) is 0 Å². The minimum atomic E-state index is -0.378. The standard InChI is InChI=1S/C13H15NO3/c1-17-13(16)10-5-4-6-11(9-10)14-8-3-2-7-12(14)15/h4-6,9H,2-3,7-8H2,1H3. The Bertz CT molecular complexity index is 442. The number of methoxy groups -OCH3 is 1. The number of carbonyl (C=O) groups excluding carboxylic acids is 2. The third-order valence-corrected chi connectivity index (χ3v) is 2.90. The molecule has 1 aliphatic rings. The zero-order valence-corrected chi connectivity index (χ0v) is 9.81. The Labute approximate surface area is 100 Å². The van der Waals surface area contributed by atoms with Crippen LogP contribution in [0, 0.1) is 0 Å². The quantitative estimate of drug-likeness (QED) is 0.734. The van der Waals surface area contributed by atoms with Gasteiger partial charge in [0.05, 0.1) is 12.7 Å². The summed E-state index contributed by atoms with van der Waals surface area (Å²) in [5.74, 6) is -0.255. The van der Waals surface area contributed by atoms with E-state index in [1.165, 1.54) is 7.11 Å². The number of benzene rings is 1. The molecule has 0 bridgehead atoms. The lowest BCUT2D eigenvalue weighted by atomic mass is 10.1. The van der Waals surface area contributed by atoms with Gasteiger partial charge in [0.25, 0.3) is 0 Å². The van der Waals surface area contributed by atoms with Gasteiger partial charge >= 0.3 is 5.97 Å². The average molecular weight is 233 g/mol. The van der Waals surface area contributed by atoms with E-state index in [9.17, 15) is 9.59 Å². The first-order chi connectivity index (χ1) is 8.22. The molecule has 0 radical (unpaired) electrons. The Morgan fingerprint density at radius 2 is 2.18 bits per heavy atom. The fourth-order valence-electron chi connectivity index (χ4n) is 2.00. The number of ether oxygens (including phenoxy) is 1. The molecule has 0 aromatic heterocycles. The molecule has 0 saturated carbocycles. The van der Waals surface area contributed by atoms with E-state index in [1.807, 2.05) is 6.07 Å². The molecule has 1 aromatic rings. The van der Waals surface area contributed by atoms with Crippen LogP contribution in [0.25, 0.3) is 0 Å². The van der Waals surface area contributed by atoms with Gasteiger partial charge in [0.15, 0.2) is 0 Å². The molecule has 1 fully saturated rings. The van der Waals surface area contributed by atoms with E-state index >= 15 is 0 Å². The summed E-state index contributed by atoms with van der Waals surface area (Å²) < 4.78 is 4.66. The fourth-order valence-corrected chi connectivity index (χ4v) is 2.00. The smallest absolute Gasteiger partial charge is 0.337 e. The number of piperidine rings is 1. The summed E-state index contributed by atoms with van der Waals surface area (Å²) in [6, 6.07) is 7.00. The van der Waals surface area contributed by atoms with Crippen molar-refractivity contribution < 1.29 is 14.3 Å². The van der Waals surface area contributed by atoms with Crippen molar-refractivity contribution in [1.29, 1.82) is 0 Å². The largest absolute Gasteiger partial charge is 0.465 e. The lowest BCUT2D eigenvalue weighted by Gasteiger charge is -2.26. The van der Waals surface area contributed by atoms with Crippen LogP contribution in [-0.4, -0.2) is 25.5 Å². The molecule has 0 unspecified atom stereocenters. The minimum absolute atomic E-state index is 0.123. The Balaban J connectivity index is 2.26. The highest BCUT2D eigenvalue weighted by atomic mass is 16.5. The number of esters is 1. The van der Waals surface area contributed by atoms with Crippen LogP contribution in [0.5, 0.6) is 0 Å². The number of hydrogen-bond acceptors (Lipinski definition) is 3. The van der Waals surface area contributed by atoms with Gasteiger partial charge in [-0.15, -0.1) is 0 Å². The van der Waals surface area contributed by atoms with Crippen molar-refractivity contribution in [2.45, 2.75) is 19.3 Å². The number of hydrogen-bond donors (Lipinski definition) is 0. The van der Waals surface area contributed by atoms with Crippen LogP contribution >= 0.6 is 0 Å². The third kappa shape index (κ3) is 2.46. The van der Waals surface area contributed by atoms with Crippen molar-refractivity contribution in [1.82, 2.24) is 0 Å². The van der Waals surface area contributed by atoms with Crippen LogP contribution in [0.4, 0.5) is 5.69 Å². The highest BCUT2D eigenvalue weighted by Gasteiger charge is 2.20. The van der Waals surface area contributed by atoms with Gasteiger partial charge in [0.1, 0.15) is 0 Å². The van der Waals surface area contributed by atoms with Gasteiger partial charge in [-0.05, 0) is 31.0 Å². The molecule has 1 heterocycles. The van der Waals surface area contributed by atoms with Crippen LogP contribution in [-0.2, 0) is 9.53 Å². The van der Waals surface area contributed by atoms with Crippen LogP contribution in [0.1, 0.15) is 29.6 Å². The first-order valence-corrected chi connectivity index (χ1v) is 5.71. The first kappa shape index (κ1) is 11.6. The van der Waals surface area contributed by atoms with E-state index < -0.39 is 0 Å². The van der Waals surface area contributed by atoms with E-state index in [0.29, 0.717) is 12.0 Å². The van der Waals surface area contributed by atoms with Gasteiger partial charge in [0, 0.05) is 18.7 Å². The number of anilines is 1. The molecule has 4 heteroatoms. The van der Waals surface area contributed by atoms with Crippen molar-refractivity contribution in [3.8, 4) is 0 Å². The number of carbonyl (C=O) groups is 2. The third-order valence-electron chi connectivity index (χ3n) is 2.90. The topological polar surface area (TPSA) is 46.6 Å². The normalized spacial score (nSPS) is 15.8. The second kappa shape index (κ2) is 4.99. The van der Waals surface area contributed by atoms with E-state index in [0.717, 1.165) is 25.1 Å². The zero-order chi connectivity index (χ0) is 12.3. The first-order valence-electron chi connectivity index (χ1n) is 5.71. The molecule has 1 amide bonds. The summed E-state index contributed by atoms with van der Waals surface area (Å²) in [6.45, 7) is 0.726. The van der Waals surface area contributed by atoms with Crippen molar-refractivity contribution in [2.24, 2.45) is 0 Å². The van der Waals surface area contributed by atoms with Crippen LogP contribution in [0.15, 0.2) is 24.3 Å². The SMILES string of the molecule is COC(=O)c1cccc(N2CCCCC2=O)c1. The molecular formula is C13H15NO3. The summed E-state index contributed by atoms with van der Waals surface area (Å²) in [7, 11) is 1.35. The summed E-state index contributed by atoms with van der Waals surface area (Å²) in [4.78, 5) is 24.9. The van der Waals surface area contributed by atoms with E-state index in [-0.39, 0.29) is 11.9 Å². The fraction of sp³-hybridized carbons (Fsp3) is 0.385. The Morgan fingerprint density at radius 3 is 2.88 bits per heavy atom. The highest BCUT2D eigenvalue weighted by Crippen LogP contribution is 2.22. The van der Waals surface area contributed by atoms with E-state index in [1.54, 1.807) is 23.1 Å². The van der Waals surface area contributed by atoms with Crippen molar-refractivity contribution in [3.63, 3.8) is 0 Å². The maximum atomic E-state index is 11.8. The molecule has 17 heavy (non-hydrogen) atoms. The lowest BCUT2D eigenvalue weighted by Crippen LogP contribution is -2.35. The maximum Gasteiger partial charge on any atom is 0.337 e. The predicted molar refractivity (Wildman–Crippen MR) is 64.0 cm³/mol. The molecule has 0 spiro atoms. The molecule has 1 aromatic carbocycles. The van der Waals surface area contributed by atoms with Gasteiger partial charge in [0.2, 0.25) is 5.91 Å². The zero-order valence-electron chi connectivity index (χ0n) is 9.81. The van der Waals surface area contributed by atoms with Crippen molar-refractivity contribution in [3.05, 3.63) is 29.8 Å². The predicted octanol–water partition coefficient (Wildman–Crippen LogP) is 1.99.